The summed E-state index contributed by atoms with van der Waals surface area (Å²) in [5.41, 5.74) is 0.977. The molecule has 0 bridgehead atoms. The van der Waals surface area contributed by atoms with Crippen molar-refractivity contribution in [2.45, 2.75) is 20.4 Å². The molecule has 2 rings (SSSR count). The maximum absolute atomic E-state index is 5.73. The van der Waals surface area contributed by atoms with Gasteiger partial charge in [0.2, 0.25) is 5.28 Å². The second-order valence-electron chi connectivity index (χ2n) is 3.37. The zero-order valence-electron chi connectivity index (χ0n) is 8.99. The summed E-state index contributed by atoms with van der Waals surface area (Å²) in [4.78, 5) is 13.4. The number of aryl methyl sites for hydroxylation is 2. The monoisotopic (exact) mass is 254 g/mol. The van der Waals surface area contributed by atoms with Crippen molar-refractivity contribution in [3.63, 3.8) is 0 Å². The summed E-state index contributed by atoms with van der Waals surface area (Å²) in [6, 6.07) is 0. The molecule has 0 aromatic carbocycles. The first-order valence-electron chi connectivity index (χ1n) is 4.79. The predicted octanol–water partition coefficient (Wildman–Crippen LogP) is 2.82. The van der Waals surface area contributed by atoms with Crippen LogP contribution < -0.4 is 5.32 Å². The molecule has 16 heavy (non-hydrogen) atoms. The summed E-state index contributed by atoms with van der Waals surface area (Å²) in [5.74, 6) is 0.769. The van der Waals surface area contributed by atoms with Gasteiger partial charge in [0.1, 0.15) is 5.82 Å². The molecule has 2 heterocycles. The van der Waals surface area contributed by atoms with E-state index in [4.69, 9.17) is 11.6 Å². The van der Waals surface area contributed by atoms with Gasteiger partial charge in [-0.15, -0.1) is 11.3 Å². The Morgan fingerprint density at radius 2 is 2.12 bits per heavy atom. The summed E-state index contributed by atoms with van der Waals surface area (Å²) in [7, 11) is 0. The third-order valence-corrected chi connectivity index (χ3v) is 3.14. The quantitative estimate of drug-likeness (QED) is 0.856. The molecule has 0 aliphatic heterocycles. The third-order valence-electron chi connectivity index (χ3n) is 2.04. The van der Waals surface area contributed by atoms with Crippen LogP contribution in [0.2, 0.25) is 5.28 Å². The van der Waals surface area contributed by atoms with Crippen molar-refractivity contribution in [3.8, 4) is 0 Å². The number of rotatable bonds is 3. The Bertz CT molecular complexity index is 497. The molecule has 0 radical (unpaired) electrons. The number of nitrogens with zero attached hydrogens (tertiary/aromatic N) is 3. The molecule has 0 amide bonds. The van der Waals surface area contributed by atoms with E-state index in [-0.39, 0.29) is 5.28 Å². The smallest absolute Gasteiger partial charge is 0.224 e. The molecule has 2 aromatic rings. The van der Waals surface area contributed by atoms with Crippen LogP contribution >= 0.6 is 22.9 Å². The van der Waals surface area contributed by atoms with Crippen LogP contribution in [0.15, 0.2) is 12.4 Å². The molecular weight excluding hydrogens is 244 g/mol. The van der Waals surface area contributed by atoms with Crippen LogP contribution in [0.5, 0.6) is 0 Å². The summed E-state index contributed by atoms with van der Waals surface area (Å²) < 4.78 is 0. The minimum Gasteiger partial charge on any atom is -0.365 e. The Balaban J connectivity index is 2.07. The van der Waals surface area contributed by atoms with Crippen molar-refractivity contribution in [1.29, 1.82) is 0 Å². The van der Waals surface area contributed by atoms with Gasteiger partial charge in [-0.25, -0.2) is 15.0 Å². The van der Waals surface area contributed by atoms with E-state index in [1.165, 1.54) is 4.88 Å². The molecule has 2 aromatic heterocycles. The topological polar surface area (TPSA) is 50.7 Å². The third kappa shape index (κ3) is 2.68. The Kier molecular flexibility index (Phi) is 3.36. The van der Waals surface area contributed by atoms with Crippen molar-refractivity contribution >= 4 is 28.8 Å². The highest BCUT2D eigenvalue weighted by atomic mass is 35.5. The molecule has 0 fully saturated rings. The van der Waals surface area contributed by atoms with E-state index in [2.05, 4.69) is 20.3 Å². The molecule has 0 aliphatic carbocycles. The van der Waals surface area contributed by atoms with Gasteiger partial charge in [-0.3, -0.25) is 0 Å². The lowest BCUT2D eigenvalue weighted by Gasteiger charge is -2.06. The first-order chi connectivity index (χ1) is 7.65. The summed E-state index contributed by atoms with van der Waals surface area (Å²) in [6.45, 7) is 4.64. The molecule has 0 saturated heterocycles. The lowest BCUT2D eigenvalue weighted by Crippen LogP contribution is -2.02. The van der Waals surface area contributed by atoms with Gasteiger partial charge < -0.3 is 5.32 Å². The largest absolute Gasteiger partial charge is 0.365 e. The molecule has 84 valence electrons. The van der Waals surface area contributed by atoms with E-state index in [0.717, 1.165) is 16.4 Å². The first kappa shape index (κ1) is 11.3. The average molecular weight is 255 g/mol. The molecular formula is C10H11ClN4S. The van der Waals surface area contributed by atoms with Gasteiger partial charge in [0.05, 0.1) is 11.6 Å². The van der Waals surface area contributed by atoms with Gasteiger partial charge in [0, 0.05) is 22.8 Å². The summed E-state index contributed by atoms with van der Waals surface area (Å²) >= 11 is 7.40. The molecule has 0 spiro atoms. The van der Waals surface area contributed by atoms with Gasteiger partial charge in [0.15, 0.2) is 0 Å². The van der Waals surface area contributed by atoms with Gasteiger partial charge in [-0.05, 0) is 25.4 Å². The lowest BCUT2D eigenvalue weighted by atomic mass is 10.3. The first-order valence-corrected chi connectivity index (χ1v) is 5.99. The number of hydrogen-bond donors (Lipinski definition) is 1. The van der Waals surface area contributed by atoms with Crippen LogP contribution in [0.4, 0.5) is 5.82 Å². The SMILES string of the molecule is Cc1ncc(CNc2nc(Cl)ncc2C)s1. The Morgan fingerprint density at radius 3 is 2.81 bits per heavy atom. The van der Waals surface area contributed by atoms with E-state index < -0.39 is 0 Å². The standard InChI is InChI=1S/C10H11ClN4S/c1-6-3-14-10(11)15-9(6)13-5-8-4-12-7(2)16-8/h3-4H,5H2,1-2H3,(H,13,14,15). The van der Waals surface area contributed by atoms with Crippen molar-refractivity contribution < 1.29 is 0 Å². The fourth-order valence-electron chi connectivity index (χ4n) is 1.26. The maximum Gasteiger partial charge on any atom is 0.224 e. The van der Waals surface area contributed by atoms with E-state index in [1.54, 1.807) is 17.5 Å². The van der Waals surface area contributed by atoms with Crippen LogP contribution in [-0.4, -0.2) is 15.0 Å². The zero-order chi connectivity index (χ0) is 11.5. The highest BCUT2D eigenvalue weighted by molar-refractivity contribution is 7.11. The molecule has 6 heteroatoms. The number of thiazole rings is 1. The average Bonchev–Trinajstić information content (AvgIpc) is 2.66. The van der Waals surface area contributed by atoms with Gasteiger partial charge in [0.25, 0.3) is 0 Å². The molecule has 1 N–H and O–H groups in total. The van der Waals surface area contributed by atoms with Gasteiger partial charge in [-0.1, -0.05) is 0 Å². The molecule has 0 saturated carbocycles. The molecule has 0 aliphatic rings. The minimum atomic E-state index is 0.258. The van der Waals surface area contributed by atoms with Crippen molar-refractivity contribution in [2.24, 2.45) is 0 Å². The summed E-state index contributed by atoms with van der Waals surface area (Å²) in [6.07, 6.45) is 3.57. The fourth-order valence-corrected chi connectivity index (χ4v) is 2.13. The van der Waals surface area contributed by atoms with Crippen LogP contribution in [0, 0.1) is 13.8 Å². The molecule has 0 atom stereocenters. The maximum atomic E-state index is 5.73. The zero-order valence-corrected chi connectivity index (χ0v) is 10.6. The Labute approximate surface area is 103 Å². The van der Waals surface area contributed by atoms with Crippen LogP contribution in [0.3, 0.4) is 0 Å². The van der Waals surface area contributed by atoms with Crippen molar-refractivity contribution in [1.82, 2.24) is 15.0 Å². The van der Waals surface area contributed by atoms with Crippen LogP contribution in [-0.2, 0) is 6.54 Å². The Hall–Kier alpha value is -1.20. The number of aromatic nitrogens is 3. The molecule has 0 unspecified atom stereocenters. The van der Waals surface area contributed by atoms with Crippen molar-refractivity contribution in [3.05, 3.63) is 33.1 Å². The lowest BCUT2D eigenvalue weighted by molar-refractivity contribution is 1.07. The second-order valence-corrected chi connectivity index (χ2v) is 5.03. The molecule has 4 nitrogen and oxygen atoms in total. The van der Waals surface area contributed by atoms with E-state index in [1.807, 2.05) is 20.0 Å². The number of hydrogen-bond acceptors (Lipinski definition) is 5. The van der Waals surface area contributed by atoms with Crippen molar-refractivity contribution in [2.75, 3.05) is 5.32 Å². The normalized spacial score (nSPS) is 10.4. The van der Waals surface area contributed by atoms with E-state index in [0.29, 0.717) is 6.54 Å². The number of anilines is 1. The summed E-state index contributed by atoms with van der Waals surface area (Å²) in [5, 5.41) is 4.54. The highest BCUT2D eigenvalue weighted by Gasteiger charge is 2.03. The second kappa shape index (κ2) is 4.76. The highest BCUT2D eigenvalue weighted by Crippen LogP contribution is 2.16. The number of halogens is 1. The predicted molar refractivity (Wildman–Crippen MR) is 66.0 cm³/mol. The fraction of sp³-hybridized carbons (Fsp3) is 0.300. The number of nitrogens with one attached hydrogen (secondary N) is 1. The van der Waals surface area contributed by atoms with E-state index in [9.17, 15) is 0 Å². The minimum absolute atomic E-state index is 0.258. The van der Waals surface area contributed by atoms with E-state index >= 15 is 0 Å². The van der Waals surface area contributed by atoms with Crippen LogP contribution in [0.25, 0.3) is 0 Å². The van der Waals surface area contributed by atoms with Crippen LogP contribution in [0.1, 0.15) is 15.4 Å². The Morgan fingerprint density at radius 1 is 1.31 bits per heavy atom. The van der Waals surface area contributed by atoms with Gasteiger partial charge in [-0.2, -0.15) is 0 Å². The van der Waals surface area contributed by atoms with Gasteiger partial charge >= 0.3 is 0 Å².